The molecule has 0 saturated carbocycles. The van der Waals surface area contributed by atoms with E-state index < -0.39 is 15.6 Å². The van der Waals surface area contributed by atoms with Crippen LogP contribution in [0.25, 0.3) is 0 Å². The maximum atomic E-state index is 12.7. The fourth-order valence-corrected chi connectivity index (χ4v) is 5.01. The predicted molar refractivity (Wildman–Crippen MR) is 130 cm³/mol. The number of amides is 2. The molecule has 0 spiro atoms. The highest BCUT2D eigenvalue weighted by atomic mass is 32.2. The Kier molecular flexibility index (Phi) is 6.77. The van der Waals surface area contributed by atoms with Gasteiger partial charge in [0.05, 0.1) is 27.1 Å². The summed E-state index contributed by atoms with van der Waals surface area (Å²) in [7, 11) is -2.57. The number of furan rings is 1. The quantitative estimate of drug-likeness (QED) is 0.492. The van der Waals surface area contributed by atoms with Crippen LogP contribution in [-0.2, 0) is 9.73 Å². The summed E-state index contributed by atoms with van der Waals surface area (Å²) in [6.45, 7) is 2.91. The number of carbonyl (C=O) groups excluding carboxylic acids is 2. The van der Waals surface area contributed by atoms with Gasteiger partial charge in [-0.15, -0.1) is 0 Å². The van der Waals surface area contributed by atoms with Crippen LogP contribution in [0.15, 0.2) is 57.6 Å². The molecule has 4 rings (SSSR count). The third-order valence-corrected chi connectivity index (χ3v) is 7.32. The van der Waals surface area contributed by atoms with Crippen molar-refractivity contribution in [1.82, 2.24) is 10.3 Å². The van der Waals surface area contributed by atoms with Gasteiger partial charge in [0.15, 0.2) is 5.76 Å². The second-order valence-electron chi connectivity index (χ2n) is 7.70. The van der Waals surface area contributed by atoms with Crippen molar-refractivity contribution in [2.24, 2.45) is 4.36 Å². The summed E-state index contributed by atoms with van der Waals surface area (Å²) in [4.78, 5) is 29.0. The van der Waals surface area contributed by atoms with Crippen molar-refractivity contribution >= 4 is 33.0 Å². The number of aromatic nitrogens is 1. The number of benzene rings is 1. The van der Waals surface area contributed by atoms with Crippen molar-refractivity contribution in [3.63, 3.8) is 0 Å². The Morgan fingerprint density at radius 2 is 2.00 bits per heavy atom. The van der Waals surface area contributed by atoms with Gasteiger partial charge in [-0.25, -0.2) is 9.19 Å². The zero-order valence-electron chi connectivity index (χ0n) is 18.5. The first-order valence-corrected chi connectivity index (χ1v) is 12.4. The van der Waals surface area contributed by atoms with Gasteiger partial charge < -0.3 is 20.8 Å². The molecule has 2 aromatic heterocycles. The van der Waals surface area contributed by atoms with Crippen molar-refractivity contribution < 1.29 is 18.2 Å². The van der Waals surface area contributed by atoms with Gasteiger partial charge in [-0.05, 0) is 37.3 Å². The van der Waals surface area contributed by atoms with E-state index in [-0.39, 0.29) is 23.0 Å². The lowest BCUT2D eigenvalue weighted by atomic mass is 10.1. The number of anilines is 2. The molecule has 0 unspecified atom stereocenters. The predicted octanol–water partition coefficient (Wildman–Crippen LogP) is 2.43. The van der Waals surface area contributed by atoms with E-state index in [4.69, 9.17) is 10.2 Å². The van der Waals surface area contributed by atoms with Gasteiger partial charge in [-0.1, -0.05) is 17.9 Å². The molecule has 10 heteroatoms. The summed E-state index contributed by atoms with van der Waals surface area (Å²) in [6.07, 6.45) is 2.77. The topological polar surface area (TPSA) is 140 Å². The van der Waals surface area contributed by atoms with Gasteiger partial charge in [-0.2, -0.15) is 4.36 Å². The van der Waals surface area contributed by atoms with Crippen molar-refractivity contribution in [3.05, 3.63) is 76.9 Å². The maximum absolute atomic E-state index is 12.7. The van der Waals surface area contributed by atoms with Crippen LogP contribution in [0, 0.1) is 18.8 Å². The smallest absolute Gasteiger partial charge is 0.291 e. The first-order valence-electron chi connectivity index (χ1n) is 10.5. The van der Waals surface area contributed by atoms with E-state index in [2.05, 4.69) is 31.8 Å². The van der Waals surface area contributed by atoms with Crippen molar-refractivity contribution in [2.75, 3.05) is 35.6 Å². The average molecular weight is 478 g/mol. The average Bonchev–Trinajstić information content (AvgIpc) is 3.25. The maximum Gasteiger partial charge on any atom is 0.291 e. The third kappa shape index (κ3) is 5.51. The number of nitrogens with zero attached hydrogens (tertiary/aromatic N) is 2. The fraction of sp³-hybridized carbons (Fsp3) is 0.208. The van der Waals surface area contributed by atoms with E-state index in [0.717, 1.165) is 5.56 Å². The molecule has 9 nitrogen and oxygen atoms in total. The summed E-state index contributed by atoms with van der Waals surface area (Å²) in [5, 5.41) is 5.88. The summed E-state index contributed by atoms with van der Waals surface area (Å²) >= 11 is 0. The molecule has 3 heterocycles. The summed E-state index contributed by atoms with van der Waals surface area (Å²) in [5.41, 5.74) is 8.37. The number of pyridine rings is 1. The largest absolute Gasteiger partial charge is 0.459 e. The standard InChI is InChI=1S/C24H23N5O4S/c1-16-7-10-33-21(16)24(31)28-20-4-2-3-17(13-20)5-6-18-14-19(15-27-22(18)25)23(30)29-34(32)11-8-26-9-12-34/h2-4,7,10,13-15,26H,8-9,11-12H2,1H3,(H2,25,27)(H,28,31). The highest BCUT2D eigenvalue weighted by Crippen LogP contribution is 2.16. The summed E-state index contributed by atoms with van der Waals surface area (Å²) in [5.74, 6) is 5.99. The number of nitrogens with one attached hydrogen (secondary N) is 2. The van der Waals surface area contributed by atoms with E-state index in [1.165, 1.54) is 18.5 Å². The minimum Gasteiger partial charge on any atom is -0.459 e. The van der Waals surface area contributed by atoms with Gasteiger partial charge in [0, 0.05) is 47.6 Å². The van der Waals surface area contributed by atoms with Crippen LogP contribution in [0.2, 0.25) is 0 Å². The molecule has 34 heavy (non-hydrogen) atoms. The molecule has 2 amide bonds. The van der Waals surface area contributed by atoms with Gasteiger partial charge in [0.2, 0.25) is 0 Å². The number of hydrogen-bond acceptors (Lipinski definition) is 7. The monoisotopic (exact) mass is 477 g/mol. The fourth-order valence-electron chi connectivity index (χ4n) is 3.29. The molecular weight excluding hydrogens is 454 g/mol. The van der Waals surface area contributed by atoms with Crippen molar-refractivity contribution in [3.8, 4) is 11.8 Å². The lowest BCUT2D eigenvalue weighted by molar-refractivity contribution is 0.0991. The van der Waals surface area contributed by atoms with Crippen LogP contribution < -0.4 is 16.4 Å². The molecule has 174 valence electrons. The number of rotatable bonds is 3. The minimum absolute atomic E-state index is 0.160. The molecule has 0 aliphatic carbocycles. The van der Waals surface area contributed by atoms with Crippen LogP contribution in [0.3, 0.4) is 0 Å². The van der Waals surface area contributed by atoms with Crippen LogP contribution in [0.5, 0.6) is 0 Å². The molecule has 1 aliphatic rings. The van der Waals surface area contributed by atoms with Gasteiger partial charge in [0.25, 0.3) is 11.8 Å². The second-order valence-corrected chi connectivity index (χ2v) is 10.2. The van der Waals surface area contributed by atoms with Crippen molar-refractivity contribution in [2.45, 2.75) is 6.92 Å². The number of nitrogens with two attached hydrogens (primary N) is 1. The number of hydrogen-bond donors (Lipinski definition) is 3. The Balaban J connectivity index is 1.54. The summed E-state index contributed by atoms with van der Waals surface area (Å²) < 4.78 is 21.9. The minimum atomic E-state index is -2.57. The van der Waals surface area contributed by atoms with Crippen LogP contribution in [0.4, 0.5) is 11.5 Å². The first-order chi connectivity index (χ1) is 16.3. The van der Waals surface area contributed by atoms with Crippen molar-refractivity contribution in [1.29, 1.82) is 0 Å². The number of carbonyl (C=O) groups is 2. The van der Waals surface area contributed by atoms with Gasteiger partial charge in [-0.3, -0.25) is 9.59 Å². The SMILES string of the molecule is Cc1ccoc1C(=O)Nc1cccc(C#Cc2cc(C(=O)N=S3(=O)CCNCC3)cnc2N)c1. The molecule has 1 aromatic carbocycles. The molecule has 1 saturated heterocycles. The zero-order chi connectivity index (χ0) is 24.1. The Bertz CT molecular complexity index is 1430. The Morgan fingerprint density at radius 1 is 1.21 bits per heavy atom. The molecular formula is C24H23N5O4S. The highest BCUT2D eigenvalue weighted by molar-refractivity contribution is 7.94. The van der Waals surface area contributed by atoms with Gasteiger partial charge in [0.1, 0.15) is 5.82 Å². The van der Waals surface area contributed by atoms with E-state index in [9.17, 15) is 13.8 Å². The molecule has 0 radical (unpaired) electrons. The van der Waals surface area contributed by atoms with E-state index in [1.807, 2.05) is 0 Å². The van der Waals surface area contributed by atoms with Crippen LogP contribution in [0.1, 0.15) is 37.6 Å². The van der Waals surface area contributed by atoms with E-state index in [0.29, 0.717) is 41.4 Å². The number of aryl methyl sites for hydroxylation is 1. The summed E-state index contributed by atoms with van der Waals surface area (Å²) in [6, 6.07) is 10.2. The van der Waals surface area contributed by atoms with E-state index >= 15 is 0 Å². The third-order valence-electron chi connectivity index (χ3n) is 5.14. The second kappa shape index (κ2) is 9.91. The molecule has 0 atom stereocenters. The van der Waals surface area contributed by atoms with Crippen LogP contribution >= 0.6 is 0 Å². The molecule has 0 bridgehead atoms. The molecule has 1 fully saturated rings. The zero-order valence-corrected chi connectivity index (χ0v) is 19.3. The normalized spacial score (nSPS) is 14.5. The van der Waals surface area contributed by atoms with Crippen LogP contribution in [-0.4, -0.2) is 45.6 Å². The lowest BCUT2D eigenvalue weighted by Crippen LogP contribution is -2.36. The molecule has 3 aromatic rings. The molecule has 1 aliphatic heterocycles. The lowest BCUT2D eigenvalue weighted by Gasteiger charge is -2.16. The highest BCUT2D eigenvalue weighted by Gasteiger charge is 2.17. The Morgan fingerprint density at radius 3 is 2.74 bits per heavy atom. The van der Waals surface area contributed by atoms with E-state index in [1.54, 1.807) is 37.3 Å². The number of nitrogen functional groups attached to an aromatic ring is 1. The Hall–Kier alpha value is -3.94. The van der Waals surface area contributed by atoms with Gasteiger partial charge >= 0.3 is 0 Å². The Labute approximate surface area is 197 Å². The molecule has 4 N–H and O–H groups in total. The first kappa shape index (κ1) is 23.2.